The molecule has 0 spiro atoms. The second-order valence-corrected chi connectivity index (χ2v) is 6.42. The minimum atomic E-state index is -0.451. The van der Waals surface area contributed by atoms with Crippen LogP contribution in [0.1, 0.15) is 17.5 Å². The van der Waals surface area contributed by atoms with Gasteiger partial charge in [0.1, 0.15) is 12.4 Å². The molecule has 0 aliphatic heterocycles. The number of rotatable bonds is 9. The minimum absolute atomic E-state index is 0.00160. The number of likely N-dealkylation sites (N-methyl/N-ethyl adjacent to an activating group) is 1. The summed E-state index contributed by atoms with van der Waals surface area (Å²) in [7, 11) is 1.92. The first-order chi connectivity index (χ1) is 12.9. The first-order valence-electron chi connectivity index (χ1n) is 8.79. The summed E-state index contributed by atoms with van der Waals surface area (Å²) in [5.41, 5.74) is 2.01. The number of ether oxygens (including phenoxy) is 1. The van der Waals surface area contributed by atoms with Crippen LogP contribution in [0.4, 0.5) is 11.4 Å². The van der Waals surface area contributed by atoms with Crippen molar-refractivity contribution in [3.8, 4) is 5.75 Å². The molecule has 7 nitrogen and oxygen atoms in total. The van der Waals surface area contributed by atoms with E-state index in [0.29, 0.717) is 37.4 Å². The van der Waals surface area contributed by atoms with Gasteiger partial charge in [-0.2, -0.15) is 0 Å². The molecule has 0 fully saturated rings. The fourth-order valence-corrected chi connectivity index (χ4v) is 2.60. The van der Waals surface area contributed by atoms with Crippen LogP contribution in [-0.4, -0.2) is 42.5 Å². The highest BCUT2D eigenvalue weighted by Gasteiger charge is 2.15. The fraction of sp³-hybridized carbons (Fsp3) is 0.350. The van der Waals surface area contributed by atoms with Gasteiger partial charge in [0.15, 0.2) is 0 Å². The van der Waals surface area contributed by atoms with Crippen molar-refractivity contribution in [2.75, 3.05) is 32.1 Å². The molecule has 144 valence electrons. The Morgan fingerprint density at radius 1 is 1.15 bits per heavy atom. The summed E-state index contributed by atoms with van der Waals surface area (Å²) in [5, 5.41) is 13.7. The molecular weight excluding hydrogens is 346 g/mol. The average molecular weight is 371 g/mol. The van der Waals surface area contributed by atoms with Crippen LogP contribution in [0, 0.1) is 24.0 Å². The van der Waals surface area contributed by atoms with Crippen LogP contribution >= 0.6 is 0 Å². The maximum atomic E-state index is 12.2. The van der Waals surface area contributed by atoms with E-state index in [9.17, 15) is 14.9 Å². The molecule has 7 heteroatoms. The summed E-state index contributed by atoms with van der Waals surface area (Å²) < 4.78 is 5.76. The molecule has 0 radical (unpaired) electrons. The van der Waals surface area contributed by atoms with Gasteiger partial charge < -0.3 is 15.0 Å². The van der Waals surface area contributed by atoms with Gasteiger partial charge in [0.2, 0.25) is 5.91 Å². The van der Waals surface area contributed by atoms with Gasteiger partial charge in [-0.1, -0.05) is 24.3 Å². The number of carbonyl (C=O) groups is 1. The van der Waals surface area contributed by atoms with Gasteiger partial charge in [0, 0.05) is 25.6 Å². The van der Waals surface area contributed by atoms with Crippen LogP contribution in [0.5, 0.6) is 5.75 Å². The molecule has 0 saturated heterocycles. The molecule has 2 rings (SSSR count). The largest absolute Gasteiger partial charge is 0.492 e. The number of benzene rings is 2. The molecule has 27 heavy (non-hydrogen) atoms. The first kappa shape index (κ1) is 20.4. The van der Waals surface area contributed by atoms with Gasteiger partial charge in [0.05, 0.1) is 16.2 Å². The first-order valence-corrected chi connectivity index (χ1v) is 8.79. The lowest BCUT2D eigenvalue weighted by Gasteiger charge is -2.17. The molecule has 1 amide bonds. The van der Waals surface area contributed by atoms with E-state index in [1.165, 1.54) is 6.07 Å². The molecule has 0 atom stereocenters. The number of aryl methyl sites for hydroxylation is 1. The monoisotopic (exact) mass is 371 g/mol. The van der Waals surface area contributed by atoms with Crippen LogP contribution < -0.4 is 10.1 Å². The number of nitro benzene ring substituents is 1. The molecule has 1 N–H and O–H groups in total. The number of nitro groups is 1. The van der Waals surface area contributed by atoms with Gasteiger partial charge in [-0.05, 0) is 38.6 Å². The molecule has 0 saturated carbocycles. The predicted octanol–water partition coefficient (Wildman–Crippen LogP) is 3.55. The van der Waals surface area contributed by atoms with Crippen molar-refractivity contribution in [2.24, 2.45) is 0 Å². The number of anilines is 1. The van der Waals surface area contributed by atoms with Gasteiger partial charge >= 0.3 is 0 Å². The number of nitrogens with zero attached hydrogens (tertiary/aromatic N) is 2. The van der Waals surface area contributed by atoms with E-state index in [-0.39, 0.29) is 11.6 Å². The summed E-state index contributed by atoms with van der Waals surface area (Å²) >= 11 is 0. The fourth-order valence-electron chi connectivity index (χ4n) is 2.60. The third-order valence-electron chi connectivity index (χ3n) is 4.32. The van der Waals surface area contributed by atoms with Crippen LogP contribution in [0.3, 0.4) is 0 Å². The SMILES string of the molecule is Cc1ccccc1OCCN(C)CCC(=O)Nc1cccc([N+](=O)[O-])c1C. The standard InChI is InChI=1S/C20H25N3O4/c1-15-7-4-5-10-19(15)27-14-13-22(3)12-11-20(24)21-17-8-6-9-18(16(17)2)23(25)26/h4-10H,11-14H2,1-3H3,(H,21,24). The predicted molar refractivity (Wildman–Crippen MR) is 105 cm³/mol. The van der Waals surface area contributed by atoms with Crippen molar-refractivity contribution in [1.82, 2.24) is 4.90 Å². The maximum Gasteiger partial charge on any atom is 0.274 e. The number of para-hydroxylation sites is 1. The van der Waals surface area contributed by atoms with Crippen LogP contribution in [0.15, 0.2) is 42.5 Å². The molecule has 0 aromatic heterocycles. The van der Waals surface area contributed by atoms with Gasteiger partial charge in [-0.3, -0.25) is 14.9 Å². The van der Waals surface area contributed by atoms with Gasteiger partial charge in [0.25, 0.3) is 5.69 Å². The van der Waals surface area contributed by atoms with Crippen molar-refractivity contribution in [2.45, 2.75) is 20.3 Å². The van der Waals surface area contributed by atoms with Crippen molar-refractivity contribution in [3.05, 3.63) is 63.7 Å². The summed E-state index contributed by atoms with van der Waals surface area (Å²) in [6.45, 7) is 5.42. The van der Waals surface area contributed by atoms with Crippen LogP contribution in [0.25, 0.3) is 0 Å². The Morgan fingerprint density at radius 3 is 2.59 bits per heavy atom. The molecular formula is C20H25N3O4. The van der Waals surface area contributed by atoms with E-state index >= 15 is 0 Å². The lowest BCUT2D eigenvalue weighted by atomic mass is 10.1. The van der Waals surface area contributed by atoms with E-state index in [0.717, 1.165) is 11.3 Å². The lowest BCUT2D eigenvalue weighted by molar-refractivity contribution is -0.385. The molecule has 0 aliphatic carbocycles. The summed E-state index contributed by atoms with van der Waals surface area (Å²) in [6, 6.07) is 12.5. The van der Waals surface area contributed by atoms with Crippen LogP contribution in [0.2, 0.25) is 0 Å². The molecule has 0 aliphatic rings. The van der Waals surface area contributed by atoms with Crippen molar-refractivity contribution in [3.63, 3.8) is 0 Å². The third kappa shape index (κ3) is 6.07. The number of amides is 1. The highest BCUT2D eigenvalue weighted by Crippen LogP contribution is 2.25. The highest BCUT2D eigenvalue weighted by molar-refractivity contribution is 5.92. The van der Waals surface area contributed by atoms with Crippen molar-refractivity contribution < 1.29 is 14.5 Å². The van der Waals surface area contributed by atoms with Gasteiger partial charge in [-0.25, -0.2) is 0 Å². The number of hydrogen-bond donors (Lipinski definition) is 1. The Kier molecular flexibility index (Phi) is 7.31. The minimum Gasteiger partial charge on any atom is -0.492 e. The topological polar surface area (TPSA) is 84.7 Å². The number of hydrogen-bond acceptors (Lipinski definition) is 5. The molecule has 0 heterocycles. The zero-order chi connectivity index (χ0) is 19.8. The van der Waals surface area contributed by atoms with Crippen molar-refractivity contribution in [1.29, 1.82) is 0 Å². The normalized spacial score (nSPS) is 10.7. The van der Waals surface area contributed by atoms with Gasteiger partial charge in [-0.15, -0.1) is 0 Å². The van der Waals surface area contributed by atoms with E-state index in [1.54, 1.807) is 19.1 Å². The van der Waals surface area contributed by atoms with E-state index in [4.69, 9.17) is 4.74 Å². The molecule has 0 unspecified atom stereocenters. The number of carbonyl (C=O) groups excluding carboxylic acids is 1. The van der Waals surface area contributed by atoms with E-state index in [1.807, 2.05) is 43.1 Å². The summed E-state index contributed by atoms with van der Waals surface area (Å²) in [6.07, 6.45) is 0.295. The molecule has 2 aromatic rings. The lowest BCUT2D eigenvalue weighted by Crippen LogP contribution is -2.28. The summed E-state index contributed by atoms with van der Waals surface area (Å²) in [5.74, 6) is 0.690. The Bertz CT molecular complexity index is 808. The highest BCUT2D eigenvalue weighted by atomic mass is 16.6. The Morgan fingerprint density at radius 2 is 1.89 bits per heavy atom. The Hall–Kier alpha value is -2.93. The molecule has 0 bridgehead atoms. The second kappa shape index (κ2) is 9.68. The Labute approximate surface area is 159 Å². The maximum absolute atomic E-state index is 12.2. The van der Waals surface area contributed by atoms with Crippen LogP contribution in [-0.2, 0) is 4.79 Å². The second-order valence-electron chi connectivity index (χ2n) is 6.42. The molecule has 2 aromatic carbocycles. The zero-order valence-corrected chi connectivity index (χ0v) is 15.9. The summed E-state index contributed by atoms with van der Waals surface area (Å²) in [4.78, 5) is 24.7. The zero-order valence-electron chi connectivity index (χ0n) is 15.9. The van der Waals surface area contributed by atoms with Crippen molar-refractivity contribution >= 4 is 17.3 Å². The van der Waals surface area contributed by atoms with E-state index in [2.05, 4.69) is 5.32 Å². The number of nitrogens with one attached hydrogen (secondary N) is 1. The Balaban J connectivity index is 1.76. The quantitative estimate of drug-likeness (QED) is 0.538. The smallest absolute Gasteiger partial charge is 0.274 e. The van der Waals surface area contributed by atoms with E-state index < -0.39 is 4.92 Å². The average Bonchev–Trinajstić information content (AvgIpc) is 2.63. The third-order valence-corrected chi connectivity index (χ3v) is 4.32.